The van der Waals surface area contributed by atoms with E-state index in [-0.39, 0.29) is 0 Å². The first-order valence-electron chi connectivity index (χ1n) is 11.1. The molecular weight excluding hydrogens is 485 g/mol. The predicted molar refractivity (Wildman–Crippen MR) is 151 cm³/mol. The van der Waals surface area contributed by atoms with Gasteiger partial charge in [-0.1, -0.05) is 67.9 Å². The number of rotatable bonds is 12. The van der Waals surface area contributed by atoms with Gasteiger partial charge >= 0.3 is 25.7 Å². The van der Waals surface area contributed by atoms with Crippen molar-refractivity contribution in [3.8, 4) is 0 Å². The molecule has 0 amide bonds. The summed E-state index contributed by atoms with van der Waals surface area (Å²) in [6.45, 7) is 32.7. The van der Waals surface area contributed by atoms with Gasteiger partial charge in [0.2, 0.25) is 0 Å². The van der Waals surface area contributed by atoms with E-state index in [1.807, 2.05) is 18.2 Å². The summed E-state index contributed by atoms with van der Waals surface area (Å²) in [5.41, 5.74) is 0. The molecule has 0 spiro atoms. The Morgan fingerprint density at radius 2 is 1.19 bits per heavy atom. The molecule has 0 aromatic heterocycles. The average molecular weight is 529 g/mol. The molecule has 0 aliphatic carbocycles. The van der Waals surface area contributed by atoms with E-state index >= 15 is 0 Å². The molecule has 0 bridgehead atoms. The maximum absolute atomic E-state index is 6.93. The zero-order chi connectivity index (χ0) is 24.3. The maximum atomic E-state index is 6.93. The molecule has 1 atom stereocenters. The molecule has 1 aromatic rings. The molecular formula is C21H44O4Si6. The zero-order valence-corrected chi connectivity index (χ0v) is 27.9. The van der Waals surface area contributed by atoms with Gasteiger partial charge in [0.1, 0.15) is 8.80 Å². The van der Waals surface area contributed by atoms with Crippen LogP contribution in [-0.2, 0) is 16.8 Å². The maximum Gasteiger partial charge on any atom is 0.383 e. The van der Waals surface area contributed by atoms with Crippen LogP contribution in [0.15, 0.2) is 53.7 Å². The second-order valence-corrected chi connectivity index (χ2v) is 31.3. The van der Waals surface area contributed by atoms with Crippen molar-refractivity contribution in [1.29, 1.82) is 0 Å². The van der Waals surface area contributed by atoms with E-state index in [9.17, 15) is 0 Å². The molecule has 0 fully saturated rings. The van der Waals surface area contributed by atoms with E-state index in [0.717, 1.165) is 10.6 Å². The third-order valence-corrected chi connectivity index (χ3v) is 26.8. The van der Waals surface area contributed by atoms with Crippen molar-refractivity contribution >= 4 is 56.8 Å². The highest BCUT2D eigenvalue weighted by Gasteiger charge is 2.49. The van der Waals surface area contributed by atoms with Crippen LogP contribution in [0.25, 0.3) is 0 Å². The van der Waals surface area contributed by atoms with Gasteiger partial charge in [-0.3, -0.25) is 0 Å². The van der Waals surface area contributed by atoms with Crippen LogP contribution in [0.4, 0.5) is 0 Å². The number of hydrogen-bond donors (Lipinski definition) is 0. The molecule has 0 N–H and O–H groups in total. The molecule has 176 valence electrons. The summed E-state index contributed by atoms with van der Waals surface area (Å²) in [4.78, 5) is 1.34. The topological polar surface area (TPSA) is 36.9 Å². The largest absolute Gasteiger partial charge is 0.530 e. The fourth-order valence-electron chi connectivity index (χ4n) is 3.67. The molecule has 1 rings (SSSR count). The van der Waals surface area contributed by atoms with Gasteiger partial charge in [-0.25, -0.2) is 0 Å². The Balaban J connectivity index is 3.25. The molecule has 1 aromatic carbocycles. The lowest BCUT2D eigenvalue weighted by Crippen LogP contribution is -2.64. The Morgan fingerprint density at radius 3 is 1.65 bits per heavy atom. The Bertz CT molecular complexity index is 764. The second kappa shape index (κ2) is 10.7. The summed E-state index contributed by atoms with van der Waals surface area (Å²) >= 11 is 0. The van der Waals surface area contributed by atoms with Gasteiger partial charge in [0, 0.05) is 5.38 Å². The fourth-order valence-corrected chi connectivity index (χ4v) is 28.1. The Hall–Kier alpha value is -0.319. The van der Waals surface area contributed by atoms with E-state index in [0.29, 0.717) is 0 Å². The first kappa shape index (κ1) is 28.7. The Kier molecular flexibility index (Phi) is 9.95. The summed E-state index contributed by atoms with van der Waals surface area (Å²) in [7, 11) is -12.0. The minimum absolute atomic E-state index is 0.903. The van der Waals surface area contributed by atoms with Crippen molar-refractivity contribution in [2.75, 3.05) is 0 Å². The normalized spacial score (nSPS) is 15.1. The summed E-state index contributed by atoms with van der Waals surface area (Å²) < 4.78 is 26.9. The van der Waals surface area contributed by atoms with Crippen molar-refractivity contribution in [3.05, 3.63) is 53.7 Å². The van der Waals surface area contributed by atoms with Crippen molar-refractivity contribution in [2.24, 2.45) is 0 Å². The van der Waals surface area contributed by atoms with Gasteiger partial charge in [0.05, 0.1) is 8.80 Å². The molecule has 0 saturated heterocycles. The van der Waals surface area contributed by atoms with Crippen LogP contribution >= 0.6 is 0 Å². The highest BCUT2D eigenvalue weighted by atomic mass is 28.5. The second-order valence-electron chi connectivity index (χ2n) is 10.3. The van der Waals surface area contributed by atoms with Crippen molar-refractivity contribution in [1.82, 2.24) is 0 Å². The minimum Gasteiger partial charge on any atom is -0.530 e. The Morgan fingerprint density at radius 1 is 0.710 bits per heavy atom. The zero-order valence-electron chi connectivity index (χ0n) is 21.6. The summed E-state index contributed by atoms with van der Waals surface area (Å²) in [5, 5.41) is 2.01. The van der Waals surface area contributed by atoms with Crippen LogP contribution in [0.3, 0.4) is 0 Å². The van der Waals surface area contributed by atoms with Crippen LogP contribution in [0.1, 0.15) is 0 Å². The fraction of sp³-hybridized carbons (Fsp3) is 0.524. The molecule has 10 heteroatoms. The standard InChI is InChI=1S/C21H44O4Si6/c1-19(26(3)4)22-29(9,10)24-31(13,21-17-15-14-16-18-21)25-30(11,12)23-28(7,8)20(2)27(5)6/h14-18,26-27H,1-2H2,3-13H3. The first-order valence-corrected chi connectivity index (χ1v) is 27.8. The Labute approximate surface area is 198 Å². The van der Waals surface area contributed by atoms with Gasteiger partial charge in [-0.15, -0.1) is 6.58 Å². The smallest absolute Gasteiger partial charge is 0.383 e. The van der Waals surface area contributed by atoms with Gasteiger partial charge in [-0.2, -0.15) is 0 Å². The van der Waals surface area contributed by atoms with Crippen LogP contribution in [0.2, 0.25) is 72.0 Å². The average Bonchev–Trinajstić information content (AvgIpc) is 2.58. The lowest BCUT2D eigenvalue weighted by molar-refractivity contribution is 0.285. The molecule has 4 nitrogen and oxygen atoms in total. The molecule has 0 saturated carbocycles. The van der Waals surface area contributed by atoms with E-state index in [4.69, 9.17) is 16.8 Å². The lowest BCUT2D eigenvalue weighted by Gasteiger charge is -2.43. The number of benzene rings is 1. The van der Waals surface area contributed by atoms with E-state index < -0.39 is 51.6 Å². The van der Waals surface area contributed by atoms with E-state index in [2.05, 4.69) is 97.3 Å². The van der Waals surface area contributed by atoms with E-state index in [1.165, 1.54) is 4.82 Å². The molecule has 31 heavy (non-hydrogen) atoms. The van der Waals surface area contributed by atoms with Crippen molar-refractivity contribution < 1.29 is 16.8 Å². The third-order valence-electron chi connectivity index (χ3n) is 5.17. The third kappa shape index (κ3) is 8.85. The minimum atomic E-state index is -2.81. The first-order chi connectivity index (χ1) is 13.9. The molecule has 0 aliphatic rings. The van der Waals surface area contributed by atoms with Crippen LogP contribution in [0, 0.1) is 0 Å². The lowest BCUT2D eigenvalue weighted by atomic mass is 10.4. The number of hydrogen-bond acceptors (Lipinski definition) is 4. The summed E-state index contributed by atoms with van der Waals surface area (Å²) in [6.07, 6.45) is 0. The SMILES string of the molecule is C=C(O[Si](C)(C)O[Si](C)(O[Si](C)(C)O[Si](C)(C)C(=C)[SiH](C)C)c1ccccc1)[SiH](C)C. The van der Waals surface area contributed by atoms with E-state index in [1.54, 1.807) is 0 Å². The monoisotopic (exact) mass is 528 g/mol. The van der Waals surface area contributed by atoms with Gasteiger partial charge in [0.15, 0.2) is 8.32 Å². The van der Waals surface area contributed by atoms with Crippen molar-refractivity contribution in [2.45, 2.75) is 72.0 Å². The molecule has 0 heterocycles. The molecule has 1 unspecified atom stereocenters. The van der Waals surface area contributed by atoms with Gasteiger partial charge < -0.3 is 16.8 Å². The highest BCUT2D eigenvalue weighted by Crippen LogP contribution is 2.28. The van der Waals surface area contributed by atoms with Crippen molar-refractivity contribution in [3.63, 3.8) is 0 Å². The summed E-state index contributed by atoms with van der Waals surface area (Å²) in [6, 6.07) is 10.3. The highest BCUT2D eigenvalue weighted by molar-refractivity contribution is 7.00. The predicted octanol–water partition coefficient (Wildman–Crippen LogP) is 5.30. The van der Waals surface area contributed by atoms with Crippen LogP contribution in [0.5, 0.6) is 0 Å². The quantitative estimate of drug-likeness (QED) is 0.272. The van der Waals surface area contributed by atoms with Gasteiger partial charge in [0.25, 0.3) is 0 Å². The molecule has 0 aliphatic heterocycles. The van der Waals surface area contributed by atoms with Gasteiger partial charge in [-0.05, 0) is 51.0 Å². The molecule has 0 radical (unpaired) electrons. The summed E-state index contributed by atoms with van der Waals surface area (Å²) in [5.74, 6) is 0. The van der Waals surface area contributed by atoms with Crippen LogP contribution in [-0.4, -0.2) is 51.6 Å². The van der Waals surface area contributed by atoms with Crippen LogP contribution < -0.4 is 5.19 Å².